The zero-order valence-electron chi connectivity index (χ0n) is 21.8. The smallest absolute Gasteiger partial charge is 0.255 e. The van der Waals surface area contributed by atoms with Crippen molar-refractivity contribution >= 4 is 35.2 Å². The average molecular weight is 553 g/mol. The standard InChI is InChI=1S/C29H33ClN4O5/c30-20-7-3-6-19(16-20)17-31-27(36)23-9-1-2-13-33(23)14-5-15-39-25-10-4-8-21-22(25)18-34(29(21)38)24-11-12-26(35)32-28(24)37/h3-4,6-8,10,16,23-24H,1-2,5,9,11-15,17-18H2,(H,31,36)(H,32,35,37). The minimum Gasteiger partial charge on any atom is -0.493 e. The zero-order chi connectivity index (χ0) is 27.4. The van der Waals surface area contributed by atoms with Crippen molar-refractivity contribution in [1.82, 2.24) is 20.4 Å². The van der Waals surface area contributed by atoms with Gasteiger partial charge in [0, 0.05) is 35.7 Å². The van der Waals surface area contributed by atoms with Crippen molar-refractivity contribution in [2.45, 2.75) is 63.7 Å². The van der Waals surface area contributed by atoms with Crippen LogP contribution in [0.2, 0.25) is 5.02 Å². The van der Waals surface area contributed by atoms with E-state index in [1.165, 1.54) is 4.90 Å². The number of fused-ring (bicyclic) bond motifs is 1. The summed E-state index contributed by atoms with van der Waals surface area (Å²) in [6, 6.07) is 12.0. The van der Waals surface area contributed by atoms with Crippen molar-refractivity contribution in [2.75, 3.05) is 19.7 Å². The molecule has 2 N–H and O–H groups in total. The van der Waals surface area contributed by atoms with Crippen molar-refractivity contribution in [3.05, 3.63) is 64.2 Å². The van der Waals surface area contributed by atoms with Crippen LogP contribution in [0.3, 0.4) is 0 Å². The van der Waals surface area contributed by atoms with Crippen molar-refractivity contribution in [3.63, 3.8) is 0 Å². The van der Waals surface area contributed by atoms with Gasteiger partial charge in [0.1, 0.15) is 11.8 Å². The summed E-state index contributed by atoms with van der Waals surface area (Å²) in [5.41, 5.74) is 2.27. The number of hydrogen-bond acceptors (Lipinski definition) is 6. The molecule has 0 bridgehead atoms. The summed E-state index contributed by atoms with van der Waals surface area (Å²) in [6.45, 7) is 2.76. The molecule has 2 unspecified atom stereocenters. The van der Waals surface area contributed by atoms with Crippen LogP contribution in [0, 0.1) is 0 Å². The second kappa shape index (κ2) is 12.2. The first-order valence-electron chi connectivity index (χ1n) is 13.6. The molecule has 0 radical (unpaired) electrons. The Morgan fingerprint density at radius 2 is 1.95 bits per heavy atom. The maximum Gasteiger partial charge on any atom is 0.255 e. The number of imide groups is 1. The van der Waals surface area contributed by atoms with E-state index in [0.29, 0.717) is 35.9 Å². The van der Waals surface area contributed by atoms with Crippen LogP contribution in [-0.2, 0) is 27.5 Å². The van der Waals surface area contributed by atoms with E-state index in [9.17, 15) is 19.2 Å². The quantitative estimate of drug-likeness (QED) is 0.366. The van der Waals surface area contributed by atoms with Gasteiger partial charge in [-0.1, -0.05) is 36.2 Å². The maximum absolute atomic E-state index is 13.0. The van der Waals surface area contributed by atoms with Crippen molar-refractivity contribution < 1.29 is 23.9 Å². The number of carbonyl (C=O) groups is 4. The molecular formula is C29H33ClN4O5. The second-order valence-corrected chi connectivity index (χ2v) is 10.7. The molecule has 0 spiro atoms. The van der Waals surface area contributed by atoms with Gasteiger partial charge in [-0.05, 0) is 62.1 Å². The first-order chi connectivity index (χ1) is 18.9. The van der Waals surface area contributed by atoms with E-state index >= 15 is 0 Å². The zero-order valence-corrected chi connectivity index (χ0v) is 22.5. The lowest BCUT2D eigenvalue weighted by atomic mass is 10.0. The molecule has 0 aromatic heterocycles. The molecule has 0 saturated carbocycles. The molecule has 10 heteroatoms. The molecule has 3 aliphatic heterocycles. The van der Waals surface area contributed by atoms with Crippen LogP contribution in [0.5, 0.6) is 5.75 Å². The maximum atomic E-state index is 13.0. The predicted octanol–water partition coefficient (Wildman–Crippen LogP) is 3.04. The Kier molecular flexibility index (Phi) is 8.47. The van der Waals surface area contributed by atoms with Gasteiger partial charge in [-0.3, -0.25) is 29.4 Å². The fourth-order valence-electron chi connectivity index (χ4n) is 5.65. The summed E-state index contributed by atoms with van der Waals surface area (Å²) in [5.74, 6) is -0.292. The summed E-state index contributed by atoms with van der Waals surface area (Å²) in [5, 5.41) is 6.04. The van der Waals surface area contributed by atoms with Crippen LogP contribution >= 0.6 is 11.6 Å². The summed E-state index contributed by atoms with van der Waals surface area (Å²) in [7, 11) is 0. The van der Waals surface area contributed by atoms with Crippen LogP contribution < -0.4 is 15.4 Å². The van der Waals surface area contributed by atoms with Crippen LogP contribution in [0.25, 0.3) is 0 Å². The number of likely N-dealkylation sites (tertiary alicyclic amines) is 1. The molecule has 2 atom stereocenters. The van der Waals surface area contributed by atoms with Crippen LogP contribution in [0.15, 0.2) is 42.5 Å². The van der Waals surface area contributed by atoms with Crippen molar-refractivity contribution in [1.29, 1.82) is 0 Å². The highest BCUT2D eigenvalue weighted by Gasteiger charge is 2.40. The van der Waals surface area contributed by atoms with E-state index in [1.807, 2.05) is 30.3 Å². The average Bonchev–Trinajstić information content (AvgIpc) is 3.26. The molecule has 3 heterocycles. The van der Waals surface area contributed by atoms with Gasteiger partial charge in [0.05, 0.1) is 19.2 Å². The second-order valence-electron chi connectivity index (χ2n) is 10.3. The number of piperidine rings is 2. The molecule has 2 saturated heterocycles. The van der Waals surface area contributed by atoms with Crippen molar-refractivity contribution in [2.24, 2.45) is 0 Å². The topological polar surface area (TPSA) is 108 Å². The Bertz CT molecular complexity index is 1270. The molecule has 0 aliphatic carbocycles. The highest BCUT2D eigenvalue weighted by molar-refractivity contribution is 6.30. The summed E-state index contributed by atoms with van der Waals surface area (Å²) in [6.07, 6.45) is 4.18. The van der Waals surface area contributed by atoms with Crippen LogP contribution in [0.1, 0.15) is 60.0 Å². The molecule has 206 valence electrons. The lowest BCUT2D eigenvalue weighted by Gasteiger charge is -2.34. The highest BCUT2D eigenvalue weighted by atomic mass is 35.5. The van der Waals surface area contributed by atoms with Gasteiger partial charge in [-0.2, -0.15) is 0 Å². The van der Waals surface area contributed by atoms with E-state index in [0.717, 1.165) is 49.9 Å². The molecule has 4 amide bonds. The lowest BCUT2D eigenvalue weighted by Crippen LogP contribution is -2.52. The number of benzene rings is 2. The van der Waals surface area contributed by atoms with Crippen LogP contribution in [0.4, 0.5) is 0 Å². The van der Waals surface area contributed by atoms with Crippen molar-refractivity contribution in [3.8, 4) is 5.75 Å². The molecule has 2 fully saturated rings. The molecule has 9 nitrogen and oxygen atoms in total. The summed E-state index contributed by atoms with van der Waals surface area (Å²) < 4.78 is 6.11. The Morgan fingerprint density at radius 3 is 2.77 bits per heavy atom. The Labute approximate surface area is 232 Å². The van der Waals surface area contributed by atoms with E-state index in [2.05, 4.69) is 15.5 Å². The minimum atomic E-state index is -0.656. The normalized spacial score (nSPS) is 21.5. The monoisotopic (exact) mass is 552 g/mol. The van der Waals surface area contributed by atoms with E-state index in [1.54, 1.807) is 12.1 Å². The van der Waals surface area contributed by atoms with Crippen LogP contribution in [-0.4, -0.2) is 65.2 Å². The Balaban J connectivity index is 1.13. The molecular weight excluding hydrogens is 520 g/mol. The third-order valence-corrected chi connectivity index (χ3v) is 7.89. The third kappa shape index (κ3) is 6.25. The van der Waals surface area contributed by atoms with Gasteiger partial charge in [0.25, 0.3) is 5.91 Å². The number of nitrogens with one attached hydrogen (secondary N) is 2. The van der Waals surface area contributed by atoms with Gasteiger partial charge in [-0.25, -0.2) is 0 Å². The first-order valence-corrected chi connectivity index (χ1v) is 13.9. The number of hydrogen-bond donors (Lipinski definition) is 2. The molecule has 5 rings (SSSR count). The molecule has 39 heavy (non-hydrogen) atoms. The molecule has 3 aliphatic rings. The first kappa shape index (κ1) is 27.1. The Hall–Kier alpha value is -3.43. The van der Waals surface area contributed by atoms with E-state index < -0.39 is 11.9 Å². The molecule has 2 aromatic rings. The Morgan fingerprint density at radius 1 is 1.10 bits per heavy atom. The fourth-order valence-corrected chi connectivity index (χ4v) is 5.86. The largest absolute Gasteiger partial charge is 0.493 e. The number of nitrogens with zero attached hydrogens (tertiary/aromatic N) is 2. The molecule has 2 aromatic carbocycles. The van der Waals surface area contributed by atoms with E-state index in [-0.39, 0.29) is 36.7 Å². The fraction of sp³-hybridized carbons (Fsp3) is 0.448. The number of halogens is 1. The lowest BCUT2D eigenvalue weighted by molar-refractivity contribution is -0.137. The van der Waals surface area contributed by atoms with Gasteiger partial charge < -0.3 is 15.0 Å². The summed E-state index contributed by atoms with van der Waals surface area (Å²) >= 11 is 6.06. The van der Waals surface area contributed by atoms with E-state index in [4.69, 9.17) is 16.3 Å². The SMILES string of the molecule is O=C1CCC(N2Cc3c(OCCCN4CCCCC4C(=O)NCc4cccc(Cl)c4)cccc3C2=O)C(=O)N1. The van der Waals surface area contributed by atoms with Gasteiger partial charge in [0.15, 0.2) is 0 Å². The number of amides is 4. The van der Waals surface area contributed by atoms with Gasteiger partial charge >= 0.3 is 0 Å². The highest BCUT2D eigenvalue weighted by Crippen LogP contribution is 2.33. The van der Waals surface area contributed by atoms with Gasteiger partial charge in [0.2, 0.25) is 17.7 Å². The number of ether oxygens (including phenoxy) is 1. The predicted molar refractivity (Wildman–Crippen MR) is 145 cm³/mol. The number of rotatable bonds is 9. The third-order valence-electron chi connectivity index (χ3n) is 7.66. The number of carbonyl (C=O) groups excluding carboxylic acids is 4. The summed E-state index contributed by atoms with van der Waals surface area (Å²) in [4.78, 5) is 53.6. The van der Waals surface area contributed by atoms with Gasteiger partial charge in [-0.15, -0.1) is 0 Å². The minimum absolute atomic E-state index is 0.0310.